The molecule has 5 heteroatoms. The van der Waals surface area contributed by atoms with Crippen molar-refractivity contribution in [3.05, 3.63) is 64.7 Å². The van der Waals surface area contributed by atoms with Gasteiger partial charge in [-0.15, -0.1) is 11.3 Å². The van der Waals surface area contributed by atoms with Crippen LogP contribution in [0.3, 0.4) is 0 Å². The molecule has 0 radical (unpaired) electrons. The first-order valence-electron chi connectivity index (χ1n) is 8.69. The van der Waals surface area contributed by atoms with E-state index in [9.17, 15) is 4.79 Å². The first-order chi connectivity index (χ1) is 12.6. The van der Waals surface area contributed by atoms with Gasteiger partial charge in [-0.05, 0) is 61.0 Å². The van der Waals surface area contributed by atoms with Crippen LogP contribution in [-0.2, 0) is 17.8 Å². The minimum Gasteiger partial charge on any atom is -0.491 e. The van der Waals surface area contributed by atoms with Crippen LogP contribution in [0, 0.1) is 13.8 Å². The Morgan fingerprint density at radius 3 is 2.73 bits per heavy atom. The number of rotatable bonds is 8. The van der Waals surface area contributed by atoms with Crippen molar-refractivity contribution in [2.24, 2.45) is 0 Å². The number of carboxylic acids is 1. The highest BCUT2D eigenvalue weighted by Gasteiger charge is 2.12. The van der Waals surface area contributed by atoms with Crippen LogP contribution in [0.2, 0.25) is 0 Å². The van der Waals surface area contributed by atoms with Gasteiger partial charge in [-0.2, -0.15) is 0 Å². The molecule has 0 aliphatic heterocycles. The number of aromatic nitrogens is 1. The zero-order valence-electron chi connectivity index (χ0n) is 15.1. The summed E-state index contributed by atoms with van der Waals surface area (Å²) in [5.74, 6) is 0.129. The van der Waals surface area contributed by atoms with Crippen LogP contribution in [0.4, 0.5) is 0 Å². The molecule has 0 saturated carbocycles. The average molecular weight is 369 g/mol. The fraction of sp³-hybridized carbons (Fsp3) is 0.286. The molecule has 26 heavy (non-hydrogen) atoms. The number of aryl methyl sites for hydroxylation is 2. The van der Waals surface area contributed by atoms with Crippen molar-refractivity contribution in [1.29, 1.82) is 0 Å². The molecule has 0 bridgehead atoms. The second kappa shape index (κ2) is 8.23. The van der Waals surface area contributed by atoms with E-state index in [2.05, 4.69) is 42.0 Å². The van der Waals surface area contributed by atoms with Crippen molar-refractivity contribution in [1.82, 2.24) is 4.57 Å². The first-order valence-corrected chi connectivity index (χ1v) is 9.57. The van der Waals surface area contributed by atoms with E-state index in [1.807, 2.05) is 24.3 Å². The third kappa shape index (κ3) is 4.17. The molecule has 0 unspecified atom stereocenters. The van der Waals surface area contributed by atoms with Crippen LogP contribution >= 0.6 is 11.3 Å². The van der Waals surface area contributed by atoms with Crippen molar-refractivity contribution < 1.29 is 14.6 Å². The Morgan fingerprint density at radius 1 is 1.15 bits per heavy atom. The minimum absolute atomic E-state index is 0.131. The Morgan fingerprint density at radius 2 is 2.00 bits per heavy atom. The zero-order valence-corrected chi connectivity index (χ0v) is 15.9. The molecule has 3 rings (SSSR count). The highest BCUT2D eigenvalue weighted by molar-refractivity contribution is 7.13. The maximum atomic E-state index is 11.0. The Hall–Kier alpha value is -2.53. The van der Waals surface area contributed by atoms with E-state index in [0.717, 1.165) is 22.7 Å². The quantitative estimate of drug-likeness (QED) is 0.612. The molecule has 0 fully saturated rings. The first kappa shape index (κ1) is 18.3. The Labute approximate surface area is 157 Å². The number of hydrogen-bond acceptors (Lipinski definition) is 3. The van der Waals surface area contributed by atoms with E-state index in [4.69, 9.17) is 9.84 Å². The molecule has 0 amide bonds. The molecule has 1 aromatic carbocycles. The van der Waals surface area contributed by atoms with Crippen molar-refractivity contribution in [2.45, 2.75) is 33.2 Å². The lowest BCUT2D eigenvalue weighted by molar-refractivity contribution is -0.136. The van der Waals surface area contributed by atoms with Crippen LogP contribution < -0.4 is 4.74 Å². The van der Waals surface area contributed by atoms with Gasteiger partial charge in [-0.25, -0.2) is 0 Å². The summed E-state index contributed by atoms with van der Waals surface area (Å²) in [6.45, 7) is 5.36. The van der Waals surface area contributed by atoms with Crippen molar-refractivity contribution in [3.63, 3.8) is 0 Å². The van der Waals surface area contributed by atoms with Gasteiger partial charge in [0.25, 0.3) is 0 Å². The van der Waals surface area contributed by atoms with Gasteiger partial charge < -0.3 is 14.4 Å². The highest BCUT2D eigenvalue weighted by Crippen LogP contribution is 2.28. The molecule has 0 atom stereocenters. The lowest BCUT2D eigenvalue weighted by Crippen LogP contribution is -2.13. The van der Waals surface area contributed by atoms with Crippen molar-refractivity contribution in [3.8, 4) is 16.3 Å². The summed E-state index contributed by atoms with van der Waals surface area (Å²) in [6.07, 6.45) is 0.649. The number of thiophene rings is 1. The van der Waals surface area contributed by atoms with Gasteiger partial charge in [-0.1, -0.05) is 18.2 Å². The van der Waals surface area contributed by atoms with E-state index in [-0.39, 0.29) is 6.42 Å². The maximum absolute atomic E-state index is 11.0. The van der Waals surface area contributed by atoms with Gasteiger partial charge in [0.15, 0.2) is 0 Å². The minimum atomic E-state index is -0.776. The largest absolute Gasteiger partial charge is 0.491 e. The normalized spacial score (nSPS) is 10.8. The molecule has 4 nitrogen and oxygen atoms in total. The molecule has 0 saturated heterocycles. The number of nitrogens with zero attached hydrogens (tertiary/aromatic N) is 1. The van der Waals surface area contributed by atoms with Crippen LogP contribution in [0.1, 0.15) is 23.2 Å². The maximum Gasteiger partial charge on any atom is 0.303 e. The number of carbonyl (C=O) groups is 1. The van der Waals surface area contributed by atoms with E-state index in [0.29, 0.717) is 19.6 Å². The lowest BCUT2D eigenvalue weighted by atomic mass is 10.1. The molecular formula is C21H23NO3S. The van der Waals surface area contributed by atoms with Crippen LogP contribution in [0.15, 0.2) is 47.8 Å². The Kier molecular flexibility index (Phi) is 5.78. The molecule has 2 aromatic heterocycles. The van der Waals surface area contributed by atoms with E-state index < -0.39 is 5.97 Å². The summed E-state index contributed by atoms with van der Waals surface area (Å²) in [6, 6.07) is 14.3. The standard InChI is InChI=1S/C21H23NO3S/c1-15-5-3-6-19(16(15)2)25-13-12-22-17(9-11-21(23)24)8-10-18(22)20-7-4-14-26-20/h3-8,10,14H,9,11-13H2,1-2H3,(H,23,24). The second-order valence-corrected chi connectivity index (χ2v) is 7.23. The number of aliphatic carboxylic acids is 1. The average Bonchev–Trinajstić information content (AvgIpc) is 3.26. The molecule has 1 N–H and O–H groups in total. The summed E-state index contributed by atoms with van der Waals surface area (Å²) < 4.78 is 8.19. The zero-order chi connectivity index (χ0) is 18.5. The second-order valence-electron chi connectivity index (χ2n) is 6.28. The highest BCUT2D eigenvalue weighted by atomic mass is 32.1. The fourth-order valence-electron chi connectivity index (χ4n) is 2.99. The van der Waals surface area contributed by atoms with Crippen LogP contribution in [-0.4, -0.2) is 22.2 Å². The van der Waals surface area contributed by atoms with E-state index in [1.165, 1.54) is 10.4 Å². The molecule has 0 spiro atoms. The number of hydrogen-bond donors (Lipinski definition) is 1. The third-order valence-corrected chi connectivity index (χ3v) is 5.46. The topological polar surface area (TPSA) is 51.5 Å². The van der Waals surface area contributed by atoms with Gasteiger partial charge in [0.05, 0.1) is 23.5 Å². The molecular weight excluding hydrogens is 346 g/mol. The monoisotopic (exact) mass is 369 g/mol. The van der Waals surface area contributed by atoms with Crippen LogP contribution in [0.5, 0.6) is 5.75 Å². The van der Waals surface area contributed by atoms with Gasteiger partial charge in [0.2, 0.25) is 0 Å². The number of ether oxygens (including phenoxy) is 1. The van der Waals surface area contributed by atoms with Gasteiger partial charge >= 0.3 is 5.97 Å². The third-order valence-electron chi connectivity index (χ3n) is 4.57. The molecule has 0 aliphatic carbocycles. The van der Waals surface area contributed by atoms with E-state index in [1.54, 1.807) is 11.3 Å². The number of carboxylic acid groups (broad SMARTS) is 1. The molecule has 136 valence electrons. The summed E-state index contributed by atoms with van der Waals surface area (Å²) in [4.78, 5) is 12.1. The smallest absolute Gasteiger partial charge is 0.303 e. The summed E-state index contributed by atoms with van der Waals surface area (Å²) in [7, 11) is 0. The number of benzene rings is 1. The summed E-state index contributed by atoms with van der Waals surface area (Å²) >= 11 is 1.68. The van der Waals surface area contributed by atoms with Crippen molar-refractivity contribution >= 4 is 17.3 Å². The molecule has 2 heterocycles. The Balaban J connectivity index is 1.77. The lowest BCUT2D eigenvalue weighted by Gasteiger charge is -2.15. The molecule has 3 aromatic rings. The Bertz CT molecular complexity index is 881. The van der Waals surface area contributed by atoms with E-state index >= 15 is 0 Å². The van der Waals surface area contributed by atoms with Crippen molar-refractivity contribution in [2.75, 3.05) is 6.61 Å². The predicted octanol–water partition coefficient (Wildman–Crippen LogP) is 4.93. The fourth-order valence-corrected chi connectivity index (χ4v) is 3.75. The summed E-state index contributed by atoms with van der Waals surface area (Å²) in [5, 5.41) is 11.1. The molecule has 0 aliphatic rings. The predicted molar refractivity (Wildman–Crippen MR) is 105 cm³/mol. The summed E-state index contributed by atoms with van der Waals surface area (Å²) in [5.41, 5.74) is 4.51. The van der Waals surface area contributed by atoms with Gasteiger partial charge in [0.1, 0.15) is 12.4 Å². The van der Waals surface area contributed by atoms with Gasteiger partial charge in [0, 0.05) is 5.69 Å². The van der Waals surface area contributed by atoms with Gasteiger partial charge in [-0.3, -0.25) is 4.79 Å². The van der Waals surface area contributed by atoms with Crippen LogP contribution in [0.25, 0.3) is 10.6 Å². The SMILES string of the molecule is Cc1cccc(OCCn2c(CCC(=O)O)ccc2-c2cccs2)c1C.